The number of hydrogen-bond acceptors (Lipinski definition) is 7. The quantitative estimate of drug-likeness (QED) is 0.851. The fourth-order valence-electron chi connectivity index (χ4n) is 2.63. The predicted molar refractivity (Wildman–Crippen MR) is 90.8 cm³/mol. The Morgan fingerprint density at radius 2 is 2.12 bits per heavy atom. The van der Waals surface area contributed by atoms with Crippen LogP contribution in [-0.4, -0.2) is 64.5 Å². The standard InChI is InChI=1S/C16H20N6O3/c1-21(2)13-6-8-15(20-18-13)25-11-4-3-9-22(10-11)16(24)12-5-7-14(23)19-17-12/h5-8,11H,3-4,9-10H2,1-2H3,(H,19,23). The van der Waals surface area contributed by atoms with Crippen molar-refractivity contribution in [3.63, 3.8) is 0 Å². The van der Waals surface area contributed by atoms with Gasteiger partial charge in [0, 0.05) is 32.8 Å². The number of carbonyl (C=O) groups is 1. The van der Waals surface area contributed by atoms with E-state index in [2.05, 4.69) is 20.4 Å². The lowest BCUT2D eigenvalue weighted by molar-refractivity contribution is 0.0519. The van der Waals surface area contributed by atoms with E-state index in [9.17, 15) is 9.59 Å². The van der Waals surface area contributed by atoms with Gasteiger partial charge in [-0.1, -0.05) is 0 Å². The molecule has 0 saturated carbocycles. The van der Waals surface area contributed by atoms with Crippen LogP contribution in [0.3, 0.4) is 0 Å². The van der Waals surface area contributed by atoms with Gasteiger partial charge in [0.25, 0.3) is 11.5 Å². The molecule has 1 N–H and O–H groups in total. The van der Waals surface area contributed by atoms with Crippen LogP contribution in [0.4, 0.5) is 5.82 Å². The molecule has 25 heavy (non-hydrogen) atoms. The summed E-state index contributed by atoms with van der Waals surface area (Å²) in [5.41, 5.74) is -0.119. The Kier molecular flexibility index (Phi) is 4.92. The first kappa shape index (κ1) is 16.9. The van der Waals surface area contributed by atoms with Crippen molar-refractivity contribution in [1.29, 1.82) is 0 Å². The molecule has 132 valence electrons. The first-order valence-corrected chi connectivity index (χ1v) is 8.05. The van der Waals surface area contributed by atoms with Crippen LogP contribution in [0.2, 0.25) is 0 Å². The second-order valence-electron chi connectivity index (χ2n) is 6.06. The van der Waals surface area contributed by atoms with Crippen LogP contribution < -0.4 is 15.2 Å². The molecule has 3 rings (SSSR count). The molecule has 9 nitrogen and oxygen atoms in total. The number of nitrogens with zero attached hydrogens (tertiary/aromatic N) is 5. The summed E-state index contributed by atoms with van der Waals surface area (Å²) in [6, 6.07) is 6.32. The summed E-state index contributed by atoms with van der Waals surface area (Å²) in [6.07, 6.45) is 1.50. The van der Waals surface area contributed by atoms with Crippen LogP contribution in [0, 0.1) is 0 Å². The van der Waals surface area contributed by atoms with Crippen LogP contribution in [0.15, 0.2) is 29.1 Å². The van der Waals surface area contributed by atoms with Gasteiger partial charge >= 0.3 is 0 Å². The second-order valence-corrected chi connectivity index (χ2v) is 6.06. The number of carbonyl (C=O) groups excluding carboxylic acids is 1. The van der Waals surface area contributed by atoms with Crippen molar-refractivity contribution >= 4 is 11.7 Å². The average molecular weight is 344 g/mol. The number of likely N-dealkylation sites (tertiary alicyclic amines) is 1. The smallest absolute Gasteiger partial charge is 0.274 e. The molecule has 1 unspecified atom stereocenters. The van der Waals surface area contributed by atoms with Gasteiger partial charge in [0.15, 0.2) is 5.82 Å². The van der Waals surface area contributed by atoms with Gasteiger partial charge in [-0.15, -0.1) is 10.2 Å². The third-order valence-electron chi connectivity index (χ3n) is 3.94. The third-order valence-corrected chi connectivity index (χ3v) is 3.94. The van der Waals surface area contributed by atoms with E-state index in [1.54, 1.807) is 11.0 Å². The zero-order valence-corrected chi connectivity index (χ0v) is 14.2. The van der Waals surface area contributed by atoms with Crippen molar-refractivity contribution in [2.45, 2.75) is 18.9 Å². The molecule has 1 amide bonds. The molecule has 0 aliphatic carbocycles. The van der Waals surface area contributed by atoms with E-state index in [-0.39, 0.29) is 23.3 Å². The Bertz CT molecular complexity index is 769. The minimum absolute atomic E-state index is 0.153. The van der Waals surface area contributed by atoms with Crippen molar-refractivity contribution < 1.29 is 9.53 Å². The molecule has 0 aromatic carbocycles. The molecular formula is C16H20N6O3. The highest BCUT2D eigenvalue weighted by atomic mass is 16.5. The first-order valence-electron chi connectivity index (χ1n) is 8.05. The van der Waals surface area contributed by atoms with Gasteiger partial charge in [-0.3, -0.25) is 9.59 Å². The zero-order valence-electron chi connectivity index (χ0n) is 14.2. The van der Waals surface area contributed by atoms with Crippen molar-refractivity contribution in [3.05, 3.63) is 40.3 Å². The molecule has 3 heterocycles. The maximum atomic E-state index is 12.5. The Labute approximate surface area is 144 Å². The molecule has 9 heteroatoms. The monoisotopic (exact) mass is 344 g/mol. The van der Waals surface area contributed by atoms with Crippen LogP contribution in [0.1, 0.15) is 23.3 Å². The van der Waals surface area contributed by atoms with E-state index < -0.39 is 0 Å². The van der Waals surface area contributed by atoms with E-state index in [0.717, 1.165) is 18.7 Å². The number of aromatic nitrogens is 4. The summed E-state index contributed by atoms with van der Waals surface area (Å²) in [5, 5.41) is 14.2. The highest BCUT2D eigenvalue weighted by Gasteiger charge is 2.26. The fourth-order valence-corrected chi connectivity index (χ4v) is 2.63. The van der Waals surface area contributed by atoms with Gasteiger partial charge in [-0.25, -0.2) is 5.10 Å². The number of hydrogen-bond donors (Lipinski definition) is 1. The number of piperidine rings is 1. The van der Waals surface area contributed by atoms with Crippen molar-refractivity contribution in [3.8, 4) is 5.88 Å². The number of rotatable bonds is 4. The summed E-state index contributed by atoms with van der Waals surface area (Å²) in [6.45, 7) is 1.07. The third kappa shape index (κ3) is 4.11. The molecule has 0 bridgehead atoms. The SMILES string of the molecule is CN(C)c1ccc(OC2CCCN(C(=O)c3ccc(=O)[nH]n3)C2)nn1. The lowest BCUT2D eigenvalue weighted by atomic mass is 10.1. The Morgan fingerprint density at radius 3 is 2.76 bits per heavy atom. The maximum Gasteiger partial charge on any atom is 0.274 e. The van der Waals surface area contributed by atoms with E-state index in [1.807, 2.05) is 25.1 Å². The Hall–Kier alpha value is -2.97. The zero-order chi connectivity index (χ0) is 17.8. The van der Waals surface area contributed by atoms with Gasteiger partial charge in [0.1, 0.15) is 11.8 Å². The highest BCUT2D eigenvalue weighted by Crippen LogP contribution is 2.18. The molecule has 1 aliphatic rings. The summed E-state index contributed by atoms with van der Waals surface area (Å²) >= 11 is 0. The van der Waals surface area contributed by atoms with Crippen molar-refractivity contribution in [2.24, 2.45) is 0 Å². The number of aromatic amines is 1. The van der Waals surface area contributed by atoms with Gasteiger partial charge in [0.05, 0.1) is 6.54 Å². The van der Waals surface area contributed by atoms with Gasteiger partial charge in [-0.05, 0) is 25.0 Å². The number of H-pyrrole nitrogens is 1. The van der Waals surface area contributed by atoms with Crippen LogP contribution in [0.25, 0.3) is 0 Å². The summed E-state index contributed by atoms with van der Waals surface area (Å²) in [7, 11) is 3.78. The summed E-state index contributed by atoms with van der Waals surface area (Å²) in [5.74, 6) is 0.961. The first-order chi connectivity index (χ1) is 12.0. The second kappa shape index (κ2) is 7.29. The topological polar surface area (TPSA) is 104 Å². The Balaban J connectivity index is 1.63. The van der Waals surface area contributed by atoms with Crippen LogP contribution in [-0.2, 0) is 0 Å². The van der Waals surface area contributed by atoms with Crippen LogP contribution >= 0.6 is 0 Å². The Morgan fingerprint density at radius 1 is 1.28 bits per heavy atom. The molecule has 1 saturated heterocycles. The molecule has 2 aromatic rings. The van der Waals surface area contributed by atoms with Gasteiger partial charge in [-0.2, -0.15) is 5.10 Å². The number of anilines is 1. The summed E-state index contributed by atoms with van der Waals surface area (Å²) in [4.78, 5) is 27.1. The van der Waals surface area contributed by atoms with E-state index >= 15 is 0 Å². The fraction of sp³-hybridized carbons (Fsp3) is 0.438. The highest BCUT2D eigenvalue weighted by molar-refractivity contribution is 5.92. The molecule has 0 radical (unpaired) electrons. The number of nitrogens with one attached hydrogen (secondary N) is 1. The van der Waals surface area contributed by atoms with Gasteiger partial charge in [0.2, 0.25) is 5.88 Å². The molecule has 0 spiro atoms. The minimum atomic E-state index is -0.337. The molecule has 1 fully saturated rings. The molecule has 1 atom stereocenters. The number of ether oxygens (including phenoxy) is 1. The van der Waals surface area contributed by atoms with Crippen LogP contribution in [0.5, 0.6) is 5.88 Å². The average Bonchev–Trinajstić information content (AvgIpc) is 2.62. The number of amides is 1. The lowest BCUT2D eigenvalue weighted by Gasteiger charge is -2.32. The van der Waals surface area contributed by atoms with E-state index in [0.29, 0.717) is 19.0 Å². The predicted octanol–water partition coefficient (Wildman–Crippen LogP) is 0.309. The molecule has 1 aliphatic heterocycles. The van der Waals surface area contributed by atoms with E-state index in [4.69, 9.17) is 4.74 Å². The summed E-state index contributed by atoms with van der Waals surface area (Å²) < 4.78 is 5.86. The largest absolute Gasteiger partial charge is 0.471 e. The lowest BCUT2D eigenvalue weighted by Crippen LogP contribution is -2.44. The van der Waals surface area contributed by atoms with Gasteiger partial charge < -0.3 is 14.5 Å². The van der Waals surface area contributed by atoms with Crippen molar-refractivity contribution in [1.82, 2.24) is 25.3 Å². The molecule has 2 aromatic heterocycles. The van der Waals surface area contributed by atoms with Crippen molar-refractivity contribution in [2.75, 3.05) is 32.1 Å². The normalized spacial score (nSPS) is 17.2. The molecular weight excluding hydrogens is 324 g/mol. The minimum Gasteiger partial charge on any atom is -0.471 e. The maximum absolute atomic E-state index is 12.5. The van der Waals surface area contributed by atoms with E-state index in [1.165, 1.54) is 12.1 Å².